The van der Waals surface area contributed by atoms with Gasteiger partial charge in [-0.2, -0.15) is 0 Å². The molecule has 0 saturated carbocycles. The van der Waals surface area contributed by atoms with Crippen molar-refractivity contribution in [2.75, 3.05) is 13.6 Å². The van der Waals surface area contributed by atoms with Crippen LogP contribution < -0.4 is 5.46 Å². The molecule has 16 heavy (non-hydrogen) atoms. The van der Waals surface area contributed by atoms with Crippen molar-refractivity contribution in [2.24, 2.45) is 0 Å². The summed E-state index contributed by atoms with van der Waals surface area (Å²) in [5.74, 6) is -0.0498. The smallest absolute Gasteiger partial charge is 0.451 e. The van der Waals surface area contributed by atoms with E-state index in [1.54, 1.807) is 36.2 Å². The first-order chi connectivity index (χ1) is 7.57. The van der Waals surface area contributed by atoms with Crippen molar-refractivity contribution in [1.29, 1.82) is 0 Å². The Morgan fingerprint density at radius 3 is 2.38 bits per heavy atom. The Morgan fingerprint density at radius 1 is 1.38 bits per heavy atom. The molecule has 0 unspecified atom stereocenters. The molecular formula is C10H13BNO4-. The number of nitrogens with zero attached hydrogens (tertiary/aromatic N) is 1. The van der Waals surface area contributed by atoms with Gasteiger partial charge in [0.05, 0.1) is 0 Å². The van der Waals surface area contributed by atoms with E-state index in [-0.39, 0.29) is 5.91 Å². The number of benzene rings is 1. The van der Waals surface area contributed by atoms with Gasteiger partial charge in [-0.3, -0.25) is 4.79 Å². The van der Waals surface area contributed by atoms with Crippen molar-refractivity contribution in [3.05, 3.63) is 29.8 Å². The lowest BCUT2D eigenvalue weighted by atomic mass is 9.73. The minimum absolute atomic E-state index is 0.0498. The van der Waals surface area contributed by atoms with Crippen LogP contribution in [0.25, 0.3) is 0 Å². The van der Waals surface area contributed by atoms with E-state index in [1.807, 2.05) is 6.92 Å². The van der Waals surface area contributed by atoms with Gasteiger partial charge in [0, 0.05) is 19.2 Å². The van der Waals surface area contributed by atoms with Gasteiger partial charge < -0.3 is 19.5 Å². The Labute approximate surface area is 93.5 Å². The highest BCUT2D eigenvalue weighted by Gasteiger charge is 2.41. The van der Waals surface area contributed by atoms with Crippen LogP contribution in [0.2, 0.25) is 0 Å². The highest BCUT2D eigenvalue weighted by atomic mass is 17.4. The van der Waals surface area contributed by atoms with E-state index in [4.69, 9.17) is 0 Å². The van der Waals surface area contributed by atoms with Crippen molar-refractivity contribution in [1.82, 2.24) is 4.90 Å². The van der Waals surface area contributed by atoms with Gasteiger partial charge in [0.25, 0.3) is 5.91 Å². The summed E-state index contributed by atoms with van der Waals surface area (Å²) in [5, 5.41) is 9.51. The summed E-state index contributed by atoms with van der Waals surface area (Å²) in [4.78, 5) is 22.3. The maximum Gasteiger partial charge on any atom is 0.451 e. The molecule has 1 aliphatic rings. The molecular weight excluding hydrogens is 209 g/mol. The standard InChI is InChI=1S/C10H13BNO4/c1-3-12(2)10(13)8-4-6-9(7-5-8)11(14)15-16-11/h4-7,14H,3H2,1-2H3/q-1. The number of hydrogen-bond donors (Lipinski definition) is 1. The Bertz CT molecular complexity index is 402. The molecule has 0 spiro atoms. The first kappa shape index (κ1) is 11.1. The molecule has 0 bridgehead atoms. The number of carbonyl (C=O) groups excluding carboxylic acids is 1. The molecule has 1 saturated heterocycles. The van der Waals surface area contributed by atoms with Crippen LogP contribution in [0.4, 0.5) is 0 Å². The molecule has 1 N–H and O–H groups in total. The van der Waals surface area contributed by atoms with Gasteiger partial charge in [-0.1, -0.05) is 24.3 Å². The maximum atomic E-state index is 11.8. The number of amides is 1. The third-order valence-corrected chi connectivity index (χ3v) is 2.68. The normalized spacial score (nSPS) is 16.9. The molecule has 1 aromatic carbocycles. The molecule has 6 heteroatoms. The molecule has 5 nitrogen and oxygen atoms in total. The van der Waals surface area contributed by atoms with Crippen LogP contribution >= 0.6 is 0 Å². The van der Waals surface area contributed by atoms with Crippen molar-refractivity contribution in [3.8, 4) is 0 Å². The highest BCUT2D eigenvalue weighted by Crippen LogP contribution is 2.19. The minimum Gasteiger partial charge on any atom is -0.553 e. The molecule has 1 aromatic rings. The Balaban J connectivity index is 2.16. The minimum atomic E-state index is -2.24. The quantitative estimate of drug-likeness (QED) is 0.439. The summed E-state index contributed by atoms with van der Waals surface area (Å²) >= 11 is 0. The lowest BCUT2D eigenvalue weighted by Gasteiger charge is -2.15. The molecule has 86 valence electrons. The Morgan fingerprint density at radius 2 is 1.94 bits per heavy atom. The maximum absolute atomic E-state index is 11.8. The van der Waals surface area contributed by atoms with Gasteiger partial charge in [0.2, 0.25) is 0 Å². The van der Waals surface area contributed by atoms with Crippen LogP contribution in [0.1, 0.15) is 17.3 Å². The van der Waals surface area contributed by atoms with E-state index in [0.29, 0.717) is 17.6 Å². The molecule has 2 rings (SSSR count). The van der Waals surface area contributed by atoms with Crippen LogP contribution in [-0.4, -0.2) is 36.2 Å². The van der Waals surface area contributed by atoms with Crippen LogP contribution in [-0.2, 0) is 9.61 Å². The second-order valence-electron chi connectivity index (χ2n) is 3.81. The van der Waals surface area contributed by atoms with Crippen molar-refractivity contribution < 1.29 is 19.4 Å². The van der Waals surface area contributed by atoms with Crippen molar-refractivity contribution in [2.45, 2.75) is 6.92 Å². The Kier molecular flexibility index (Phi) is 2.71. The van der Waals surface area contributed by atoms with Gasteiger partial charge in [-0.05, 0) is 6.92 Å². The third-order valence-electron chi connectivity index (χ3n) is 2.68. The zero-order valence-electron chi connectivity index (χ0n) is 9.21. The van der Waals surface area contributed by atoms with E-state index in [0.717, 1.165) is 0 Å². The average molecular weight is 222 g/mol. The number of hydrogen-bond acceptors (Lipinski definition) is 4. The summed E-state index contributed by atoms with van der Waals surface area (Å²) in [7, 11) is 1.74. The lowest BCUT2D eigenvalue weighted by Crippen LogP contribution is -2.34. The zero-order valence-corrected chi connectivity index (χ0v) is 9.21. The summed E-state index contributed by atoms with van der Waals surface area (Å²) in [6.07, 6.45) is 0. The summed E-state index contributed by atoms with van der Waals surface area (Å²) in [6.45, 7) is 0.322. The fourth-order valence-corrected chi connectivity index (χ4v) is 1.40. The van der Waals surface area contributed by atoms with E-state index in [2.05, 4.69) is 9.61 Å². The van der Waals surface area contributed by atoms with Crippen molar-refractivity contribution >= 4 is 18.1 Å². The Hall–Kier alpha value is -1.37. The molecule has 1 aliphatic heterocycles. The largest absolute Gasteiger partial charge is 0.553 e. The molecule has 0 aromatic heterocycles. The van der Waals surface area contributed by atoms with E-state index >= 15 is 0 Å². The number of rotatable bonds is 3. The predicted molar refractivity (Wildman–Crippen MR) is 58.9 cm³/mol. The van der Waals surface area contributed by atoms with Gasteiger partial charge in [0.1, 0.15) is 0 Å². The second-order valence-corrected chi connectivity index (χ2v) is 3.81. The molecule has 1 amide bonds. The van der Waals surface area contributed by atoms with Crippen LogP contribution in [0.5, 0.6) is 0 Å². The monoisotopic (exact) mass is 222 g/mol. The third kappa shape index (κ3) is 1.95. The number of carbonyl (C=O) groups is 1. The fraction of sp³-hybridized carbons (Fsp3) is 0.300. The van der Waals surface area contributed by atoms with Crippen LogP contribution in [0, 0.1) is 0 Å². The topological polar surface area (TPSA) is 65.6 Å². The summed E-state index contributed by atoms with van der Waals surface area (Å²) in [6, 6.07) is 6.55. The summed E-state index contributed by atoms with van der Waals surface area (Å²) < 4.78 is 0. The lowest BCUT2D eigenvalue weighted by molar-refractivity contribution is 0.0802. The van der Waals surface area contributed by atoms with Gasteiger partial charge >= 0.3 is 6.75 Å². The first-order valence-corrected chi connectivity index (χ1v) is 5.15. The molecule has 1 heterocycles. The van der Waals surface area contributed by atoms with E-state index in [1.165, 1.54) is 0 Å². The molecule has 0 atom stereocenters. The van der Waals surface area contributed by atoms with Gasteiger partial charge in [-0.15, -0.1) is 5.46 Å². The van der Waals surface area contributed by atoms with Gasteiger partial charge in [0.15, 0.2) is 0 Å². The van der Waals surface area contributed by atoms with E-state index in [9.17, 15) is 9.82 Å². The predicted octanol–water partition coefficient (Wildman–Crippen LogP) is -0.122. The van der Waals surface area contributed by atoms with Crippen LogP contribution in [0.15, 0.2) is 24.3 Å². The van der Waals surface area contributed by atoms with Gasteiger partial charge in [-0.25, -0.2) is 0 Å². The molecule has 0 radical (unpaired) electrons. The van der Waals surface area contributed by atoms with Crippen molar-refractivity contribution in [3.63, 3.8) is 0 Å². The molecule has 0 aliphatic carbocycles. The second kappa shape index (κ2) is 3.90. The highest BCUT2D eigenvalue weighted by molar-refractivity contribution is 6.78. The summed E-state index contributed by atoms with van der Waals surface area (Å²) in [5.41, 5.74) is 1.11. The van der Waals surface area contributed by atoms with E-state index < -0.39 is 6.75 Å². The zero-order chi connectivity index (χ0) is 11.8. The SMILES string of the molecule is CCN(C)C(=O)c1ccc([B-]2(O)OO2)cc1. The molecule has 1 fully saturated rings. The first-order valence-electron chi connectivity index (χ1n) is 5.15. The van der Waals surface area contributed by atoms with Crippen LogP contribution in [0.3, 0.4) is 0 Å². The fourth-order valence-electron chi connectivity index (χ4n) is 1.40. The average Bonchev–Trinajstić information content (AvgIpc) is 3.07.